The van der Waals surface area contributed by atoms with Crippen molar-refractivity contribution in [1.82, 2.24) is 25.5 Å². The third kappa shape index (κ3) is 5.89. The number of carbonyl (C=O) groups excluding carboxylic acids is 1. The standard InChI is InChI=1S/C17H22FN5O5/c1-10-13(6-5-12(14(10)18)15(24)25)27-8-11(7-23-20-9-19-22-23)21-16(26)28-17(2,3)4/h5-6,9,11H,7-8H2,1-4H3,(H,21,26)(H,24,25). The van der Waals surface area contributed by atoms with Gasteiger partial charge in [0.05, 0.1) is 18.2 Å². The van der Waals surface area contributed by atoms with Crippen molar-refractivity contribution < 1.29 is 28.6 Å². The second-order valence-corrected chi connectivity index (χ2v) is 7.00. The summed E-state index contributed by atoms with van der Waals surface area (Å²) in [5.41, 5.74) is -1.08. The van der Waals surface area contributed by atoms with E-state index in [1.807, 2.05) is 0 Å². The first-order valence-corrected chi connectivity index (χ1v) is 8.42. The van der Waals surface area contributed by atoms with Gasteiger partial charge in [-0.1, -0.05) is 0 Å². The second kappa shape index (κ2) is 8.63. The Bertz CT molecular complexity index is 835. The molecular formula is C17H22FN5O5. The number of amides is 1. The van der Waals surface area contributed by atoms with Crippen LogP contribution >= 0.6 is 0 Å². The molecule has 1 heterocycles. The summed E-state index contributed by atoms with van der Waals surface area (Å²) >= 11 is 0. The van der Waals surface area contributed by atoms with Crippen LogP contribution in [0.2, 0.25) is 0 Å². The molecule has 0 aliphatic heterocycles. The molecule has 0 aliphatic carbocycles. The zero-order valence-corrected chi connectivity index (χ0v) is 16.0. The molecular weight excluding hydrogens is 373 g/mol. The van der Waals surface area contributed by atoms with Crippen LogP contribution in [0, 0.1) is 12.7 Å². The number of tetrazole rings is 1. The minimum atomic E-state index is -1.37. The molecule has 0 aliphatic rings. The fraction of sp³-hybridized carbons (Fsp3) is 0.471. The van der Waals surface area contributed by atoms with Crippen molar-refractivity contribution in [3.8, 4) is 5.75 Å². The smallest absolute Gasteiger partial charge is 0.408 e. The van der Waals surface area contributed by atoms with E-state index in [1.165, 1.54) is 24.1 Å². The molecule has 0 fully saturated rings. The van der Waals surface area contributed by atoms with Crippen LogP contribution < -0.4 is 10.1 Å². The highest BCUT2D eigenvalue weighted by molar-refractivity contribution is 5.88. The van der Waals surface area contributed by atoms with E-state index >= 15 is 0 Å². The van der Waals surface area contributed by atoms with Gasteiger partial charge in [0, 0.05) is 5.56 Å². The van der Waals surface area contributed by atoms with Gasteiger partial charge in [-0.25, -0.2) is 14.0 Å². The minimum Gasteiger partial charge on any atom is -0.491 e. The highest BCUT2D eigenvalue weighted by Crippen LogP contribution is 2.24. The molecule has 1 amide bonds. The Hall–Kier alpha value is -3.24. The number of nitrogens with one attached hydrogen (secondary N) is 1. The van der Waals surface area contributed by atoms with Crippen LogP contribution in [0.1, 0.15) is 36.7 Å². The average molecular weight is 395 g/mol. The van der Waals surface area contributed by atoms with E-state index in [-0.39, 0.29) is 24.5 Å². The molecule has 1 aromatic heterocycles. The Kier molecular flexibility index (Phi) is 6.49. The van der Waals surface area contributed by atoms with Crippen molar-refractivity contribution in [2.45, 2.75) is 45.9 Å². The largest absolute Gasteiger partial charge is 0.491 e. The van der Waals surface area contributed by atoms with Crippen LogP contribution in [0.3, 0.4) is 0 Å². The lowest BCUT2D eigenvalue weighted by molar-refractivity contribution is 0.0477. The maximum Gasteiger partial charge on any atom is 0.408 e. The highest BCUT2D eigenvalue weighted by atomic mass is 19.1. The van der Waals surface area contributed by atoms with Crippen molar-refractivity contribution in [1.29, 1.82) is 0 Å². The summed E-state index contributed by atoms with van der Waals surface area (Å²) in [5.74, 6) is -2.08. The lowest BCUT2D eigenvalue weighted by atomic mass is 10.1. The minimum absolute atomic E-state index is 0.0507. The summed E-state index contributed by atoms with van der Waals surface area (Å²) in [6.45, 7) is 6.67. The number of ether oxygens (including phenoxy) is 2. The van der Waals surface area contributed by atoms with Crippen molar-refractivity contribution in [2.75, 3.05) is 6.61 Å². The van der Waals surface area contributed by atoms with Gasteiger partial charge in [0.25, 0.3) is 0 Å². The lowest BCUT2D eigenvalue weighted by Crippen LogP contribution is -2.44. The van der Waals surface area contributed by atoms with E-state index in [9.17, 15) is 14.0 Å². The van der Waals surface area contributed by atoms with Gasteiger partial charge >= 0.3 is 12.1 Å². The number of alkyl carbamates (subject to hydrolysis) is 1. The van der Waals surface area contributed by atoms with E-state index < -0.39 is 35.1 Å². The zero-order valence-electron chi connectivity index (χ0n) is 16.0. The third-order valence-corrected chi connectivity index (χ3v) is 3.50. The molecule has 1 unspecified atom stereocenters. The molecule has 1 aromatic carbocycles. The van der Waals surface area contributed by atoms with Gasteiger partial charge in [0.1, 0.15) is 23.8 Å². The highest BCUT2D eigenvalue weighted by Gasteiger charge is 2.22. The van der Waals surface area contributed by atoms with E-state index in [0.717, 1.165) is 6.07 Å². The first-order chi connectivity index (χ1) is 13.1. The number of rotatable bonds is 7. The molecule has 0 radical (unpaired) electrons. The number of nitrogens with zero attached hydrogens (tertiary/aromatic N) is 4. The summed E-state index contributed by atoms with van der Waals surface area (Å²) in [7, 11) is 0. The van der Waals surface area contributed by atoms with Crippen LogP contribution in [0.15, 0.2) is 18.5 Å². The molecule has 28 heavy (non-hydrogen) atoms. The molecule has 152 valence electrons. The van der Waals surface area contributed by atoms with Gasteiger partial charge in [0.15, 0.2) is 6.33 Å². The van der Waals surface area contributed by atoms with Crippen LogP contribution in [-0.4, -0.2) is 55.6 Å². The number of hydrogen-bond acceptors (Lipinski definition) is 7. The van der Waals surface area contributed by atoms with E-state index in [1.54, 1.807) is 20.8 Å². The monoisotopic (exact) mass is 395 g/mol. The number of aromatic carboxylic acids is 1. The molecule has 2 rings (SSSR count). The molecule has 2 N–H and O–H groups in total. The van der Waals surface area contributed by atoms with Gasteiger partial charge in [-0.3, -0.25) is 0 Å². The fourth-order valence-corrected chi connectivity index (χ4v) is 2.26. The average Bonchev–Trinajstić information content (AvgIpc) is 3.06. The van der Waals surface area contributed by atoms with Gasteiger partial charge in [0.2, 0.25) is 0 Å². The Balaban J connectivity index is 2.10. The van der Waals surface area contributed by atoms with Crippen LogP contribution in [0.4, 0.5) is 9.18 Å². The Morgan fingerprint density at radius 1 is 1.36 bits per heavy atom. The van der Waals surface area contributed by atoms with E-state index in [4.69, 9.17) is 14.6 Å². The number of carbonyl (C=O) groups is 2. The summed E-state index contributed by atoms with van der Waals surface area (Å²) in [5, 5.41) is 22.8. The molecule has 1 atom stereocenters. The Labute approximate surface area is 160 Å². The molecule has 0 spiro atoms. The summed E-state index contributed by atoms with van der Waals surface area (Å²) in [4.78, 5) is 24.3. The number of aromatic nitrogens is 4. The topological polar surface area (TPSA) is 128 Å². The number of carboxylic acid groups (broad SMARTS) is 1. The number of benzene rings is 1. The van der Waals surface area contributed by atoms with Crippen molar-refractivity contribution in [3.05, 3.63) is 35.4 Å². The van der Waals surface area contributed by atoms with Gasteiger partial charge in [-0.05, 0) is 45.0 Å². The van der Waals surface area contributed by atoms with E-state index in [0.29, 0.717) is 0 Å². The summed E-state index contributed by atoms with van der Waals surface area (Å²) in [6.07, 6.45) is 0.584. The summed E-state index contributed by atoms with van der Waals surface area (Å²) < 4.78 is 25.0. The van der Waals surface area contributed by atoms with Gasteiger partial charge in [-0.2, -0.15) is 4.80 Å². The quantitative estimate of drug-likeness (QED) is 0.726. The molecule has 10 nitrogen and oxygen atoms in total. The van der Waals surface area contributed by atoms with Crippen molar-refractivity contribution in [3.63, 3.8) is 0 Å². The van der Waals surface area contributed by atoms with E-state index in [2.05, 4.69) is 20.7 Å². The summed E-state index contributed by atoms with van der Waals surface area (Å²) in [6, 6.07) is 1.86. The predicted octanol–water partition coefficient (Wildman–Crippen LogP) is 1.79. The third-order valence-electron chi connectivity index (χ3n) is 3.50. The zero-order chi connectivity index (χ0) is 20.9. The number of hydrogen-bond donors (Lipinski definition) is 2. The SMILES string of the molecule is Cc1c(OCC(Cn2ncnn2)NC(=O)OC(C)(C)C)ccc(C(=O)O)c1F. The lowest BCUT2D eigenvalue weighted by Gasteiger charge is -2.23. The molecule has 2 aromatic rings. The molecule has 11 heteroatoms. The van der Waals surface area contributed by atoms with Crippen LogP contribution in [0.25, 0.3) is 0 Å². The van der Waals surface area contributed by atoms with Crippen molar-refractivity contribution >= 4 is 12.1 Å². The first kappa shape index (κ1) is 21.1. The molecule has 0 bridgehead atoms. The number of carboxylic acids is 1. The van der Waals surface area contributed by atoms with Gasteiger partial charge in [-0.15, -0.1) is 10.2 Å². The van der Waals surface area contributed by atoms with Crippen LogP contribution in [-0.2, 0) is 11.3 Å². The maximum atomic E-state index is 14.2. The second-order valence-electron chi connectivity index (χ2n) is 7.00. The first-order valence-electron chi connectivity index (χ1n) is 8.42. The normalized spacial score (nSPS) is 12.3. The van der Waals surface area contributed by atoms with Crippen LogP contribution in [0.5, 0.6) is 5.75 Å². The predicted molar refractivity (Wildman–Crippen MR) is 94.6 cm³/mol. The fourth-order valence-electron chi connectivity index (χ4n) is 2.26. The molecule has 0 saturated heterocycles. The van der Waals surface area contributed by atoms with Crippen molar-refractivity contribution in [2.24, 2.45) is 0 Å². The molecule has 0 saturated carbocycles. The Morgan fingerprint density at radius 3 is 2.64 bits per heavy atom. The maximum absolute atomic E-state index is 14.2. The van der Waals surface area contributed by atoms with Gasteiger partial charge < -0.3 is 19.9 Å². The Morgan fingerprint density at radius 2 is 2.07 bits per heavy atom. The number of halogens is 1.